The number of aliphatic hydroxyl groups excluding tert-OH is 2. The molecule has 0 aliphatic rings. The number of rotatable bonds is 64. The summed E-state index contributed by atoms with van der Waals surface area (Å²) in [5.41, 5.74) is 0. The van der Waals surface area contributed by atoms with Gasteiger partial charge in [-0.2, -0.15) is 0 Å². The van der Waals surface area contributed by atoms with Crippen molar-refractivity contribution in [3.63, 3.8) is 0 Å². The number of esters is 1. The van der Waals surface area contributed by atoms with Gasteiger partial charge in [-0.25, -0.2) is 0 Å². The molecule has 0 aromatic carbocycles. The predicted octanol–water partition coefficient (Wildman–Crippen LogP) is 21.9. The van der Waals surface area contributed by atoms with Gasteiger partial charge in [-0.15, -0.1) is 0 Å². The molecule has 448 valence electrons. The topological polar surface area (TPSA) is 95.9 Å². The molecule has 3 N–H and O–H groups in total. The molecule has 0 aromatic heterocycles. The lowest BCUT2D eigenvalue weighted by molar-refractivity contribution is -0.143. The zero-order chi connectivity index (χ0) is 55.0. The summed E-state index contributed by atoms with van der Waals surface area (Å²) in [5, 5.41) is 23.4. The van der Waals surface area contributed by atoms with Crippen LogP contribution in [0.2, 0.25) is 0 Å². The number of unbranched alkanes of at least 4 members (excludes halogenated alkanes) is 47. The summed E-state index contributed by atoms with van der Waals surface area (Å²) in [5.74, 6) is -0.0578. The molecule has 6 heteroatoms. The Bertz CT molecular complexity index is 1230. The molecule has 0 saturated heterocycles. The summed E-state index contributed by atoms with van der Waals surface area (Å²) in [7, 11) is 0. The first-order valence-electron chi connectivity index (χ1n) is 34.2. The fourth-order valence-corrected chi connectivity index (χ4v) is 10.7. The maximum Gasteiger partial charge on any atom is 0.305 e. The largest absolute Gasteiger partial charge is 0.466 e. The highest BCUT2D eigenvalue weighted by atomic mass is 16.5. The molecule has 0 aliphatic heterocycles. The SMILES string of the molecule is CCCCCC/C=C\C/C=C\CCCCCCCCCC(=O)OCCCCCCCCC/C=C\CCCCCCCC(=O)NC(CO)C(O)CCCCCCCCCCCCCCCCCCCCCCCCCCC. The Kier molecular flexibility index (Phi) is 63.9. The zero-order valence-corrected chi connectivity index (χ0v) is 51.3. The van der Waals surface area contributed by atoms with E-state index in [0.29, 0.717) is 25.9 Å². The number of hydrogen-bond acceptors (Lipinski definition) is 5. The zero-order valence-electron chi connectivity index (χ0n) is 51.3. The van der Waals surface area contributed by atoms with E-state index in [0.717, 1.165) is 70.6 Å². The molecule has 0 spiro atoms. The summed E-state index contributed by atoms with van der Waals surface area (Å²) < 4.78 is 5.49. The van der Waals surface area contributed by atoms with Crippen LogP contribution < -0.4 is 5.32 Å². The fourth-order valence-electron chi connectivity index (χ4n) is 10.7. The molecule has 0 rings (SSSR count). The molecule has 76 heavy (non-hydrogen) atoms. The van der Waals surface area contributed by atoms with E-state index >= 15 is 0 Å². The number of amides is 1. The summed E-state index contributed by atoms with van der Waals surface area (Å²) in [4.78, 5) is 24.6. The van der Waals surface area contributed by atoms with Crippen LogP contribution in [-0.2, 0) is 14.3 Å². The quantitative estimate of drug-likeness (QED) is 0.0320. The summed E-state index contributed by atoms with van der Waals surface area (Å²) in [6, 6.07) is -0.556. The third-order valence-electron chi connectivity index (χ3n) is 15.9. The van der Waals surface area contributed by atoms with Crippen LogP contribution >= 0.6 is 0 Å². The minimum absolute atomic E-state index is 0.00925. The monoisotopic (exact) mass is 1070 g/mol. The third kappa shape index (κ3) is 61.3. The van der Waals surface area contributed by atoms with Gasteiger partial charge in [-0.3, -0.25) is 9.59 Å². The van der Waals surface area contributed by atoms with E-state index in [1.807, 2.05) is 0 Å². The van der Waals surface area contributed by atoms with Crippen molar-refractivity contribution in [2.45, 2.75) is 386 Å². The minimum atomic E-state index is -0.677. The van der Waals surface area contributed by atoms with Gasteiger partial charge in [0.2, 0.25) is 5.91 Å². The molecule has 0 saturated carbocycles. The van der Waals surface area contributed by atoms with Crippen molar-refractivity contribution in [3.8, 4) is 0 Å². The van der Waals surface area contributed by atoms with Gasteiger partial charge in [0.1, 0.15) is 0 Å². The number of nitrogens with one attached hydrogen (secondary N) is 1. The molecule has 2 unspecified atom stereocenters. The maximum absolute atomic E-state index is 12.5. The van der Waals surface area contributed by atoms with Crippen LogP contribution in [0.25, 0.3) is 0 Å². The molecule has 1 amide bonds. The first kappa shape index (κ1) is 74.1. The van der Waals surface area contributed by atoms with Gasteiger partial charge in [-0.05, 0) is 83.5 Å². The first-order valence-corrected chi connectivity index (χ1v) is 34.2. The molecule has 0 radical (unpaired) electrons. The second-order valence-corrected chi connectivity index (χ2v) is 23.5. The molecule has 0 bridgehead atoms. The standard InChI is InChI=1S/C70H133NO5/c1-3-5-7-9-11-13-15-17-19-21-23-24-25-26-27-28-29-30-34-38-42-46-50-54-58-62-68(73)67(66-72)71-69(74)63-59-55-51-47-43-39-35-32-33-37-41-45-49-53-57-61-65-76-70(75)64-60-56-52-48-44-40-36-31-22-20-18-16-14-12-10-8-6-4-2/h14,16,20,22,32,35,67-68,72-73H,3-13,15,17-19,21,23-31,33-34,36-66H2,1-2H3,(H,71,74)/b16-14-,22-20-,35-32-. The van der Waals surface area contributed by atoms with Gasteiger partial charge >= 0.3 is 5.97 Å². The highest BCUT2D eigenvalue weighted by molar-refractivity contribution is 5.76. The number of ether oxygens (including phenoxy) is 1. The smallest absolute Gasteiger partial charge is 0.305 e. The molecule has 0 heterocycles. The number of carbonyl (C=O) groups is 2. The van der Waals surface area contributed by atoms with Crippen LogP contribution in [0, 0.1) is 0 Å². The lowest BCUT2D eigenvalue weighted by atomic mass is 10.0. The minimum Gasteiger partial charge on any atom is -0.466 e. The van der Waals surface area contributed by atoms with E-state index in [-0.39, 0.29) is 18.5 Å². The lowest BCUT2D eigenvalue weighted by Crippen LogP contribution is -2.45. The summed E-state index contributed by atoms with van der Waals surface area (Å²) in [6.45, 7) is 4.94. The van der Waals surface area contributed by atoms with Crippen molar-refractivity contribution in [3.05, 3.63) is 36.5 Å². The van der Waals surface area contributed by atoms with Gasteiger partial charge in [-0.1, -0.05) is 314 Å². The first-order chi connectivity index (χ1) is 37.5. The molecule has 6 nitrogen and oxygen atoms in total. The molecular weight excluding hydrogens is 935 g/mol. The predicted molar refractivity (Wildman–Crippen MR) is 333 cm³/mol. The van der Waals surface area contributed by atoms with Gasteiger partial charge in [0, 0.05) is 12.8 Å². The van der Waals surface area contributed by atoms with Gasteiger partial charge in [0.25, 0.3) is 0 Å². The fraction of sp³-hybridized carbons (Fsp3) is 0.886. The number of allylic oxidation sites excluding steroid dienone is 6. The Hall–Kier alpha value is -1.92. The molecule has 0 fully saturated rings. The average Bonchev–Trinajstić information content (AvgIpc) is 3.42. The maximum atomic E-state index is 12.5. The van der Waals surface area contributed by atoms with Crippen molar-refractivity contribution >= 4 is 11.9 Å². The van der Waals surface area contributed by atoms with E-state index in [1.54, 1.807) is 0 Å². The highest BCUT2D eigenvalue weighted by Crippen LogP contribution is 2.18. The van der Waals surface area contributed by atoms with Crippen molar-refractivity contribution in [1.82, 2.24) is 5.32 Å². The lowest BCUT2D eigenvalue weighted by Gasteiger charge is -2.22. The Labute approximate surface area is 474 Å². The van der Waals surface area contributed by atoms with E-state index in [1.165, 1.54) is 270 Å². The van der Waals surface area contributed by atoms with Crippen LogP contribution in [0.4, 0.5) is 0 Å². The van der Waals surface area contributed by atoms with Crippen LogP contribution in [0.5, 0.6) is 0 Å². The van der Waals surface area contributed by atoms with Crippen molar-refractivity contribution in [2.75, 3.05) is 13.2 Å². The van der Waals surface area contributed by atoms with Gasteiger partial charge < -0.3 is 20.3 Å². The number of aliphatic hydroxyl groups is 2. The van der Waals surface area contributed by atoms with E-state index in [2.05, 4.69) is 55.6 Å². The molecular formula is C70H133NO5. The van der Waals surface area contributed by atoms with Gasteiger partial charge in [0.05, 0.1) is 25.4 Å². The third-order valence-corrected chi connectivity index (χ3v) is 15.9. The summed E-state index contributed by atoms with van der Waals surface area (Å²) in [6.07, 6.45) is 83.1. The van der Waals surface area contributed by atoms with Crippen molar-refractivity contribution in [2.24, 2.45) is 0 Å². The second kappa shape index (κ2) is 65.6. The van der Waals surface area contributed by atoms with E-state index < -0.39 is 12.1 Å². The Morgan fingerprint density at radius 2 is 0.658 bits per heavy atom. The van der Waals surface area contributed by atoms with Crippen molar-refractivity contribution in [1.29, 1.82) is 0 Å². The van der Waals surface area contributed by atoms with Crippen molar-refractivity contribution < 1.29 is 24.5 Å². The molecule has 2 atom stereocenters. The number of hydrogen-bond donors (Lipinski definition) is 3. The van der Waals surface area contributed by atoms with E-state index in [4.69, 9.17) is 4.74 Å². The van der Waals surface area contributed by atoms with Crippen LogP contribution in [-0.4, -0.2) is 47.4 Å². The number of carbonyl (C=O) groups excluding carboxylic acids is 2. The summed E-state index contributed by atoms with van der Waals surface area (Å²) >= 11 is 0. The average molecular weight is 1070 g/mol. The van der Waals surface area contributed by atoms with Gasteiger partial charge in [0.15, 0.2) is 0 Å². The van der Waals surface area contributed by atoms with Crippen LogP contribution in [0.3, 0.4) is 0 Å². The van der Waals surface area contributed by atoms with E-state index in [9.17, 15) is 19.8 Å². The van der Waals surface area contributed by atoms with Crippen LogP contribution in [0.1, 0.15) is 373 Å². The molecule has 0 aliphatic carbocycles. The van der Waals surface area contributed by atoms with Crippen LogP contribution in [0.15, 0.2) is 36.5 Å². The second-order valence-electron chi connectivity index (χ2n) is 23.5. The Morgan fingerprint density at radius 1 is 0.368 bits per heavy atom. The highest BCUT2D eigenvalue weighted by Gasteiger charge is 2.20. The normalized spacial score (nSPS) is 12.7. The Morgan fingerprint density at radius 3 is 1.03 bits per heavy atom. The molecule has 0 aromatic rings. The Balaban J connectivity index is 3.45.